The number of aryl methyl sites for hydroxylation is 1. The highest BCUT2D eigenvalue weighted by Gasteiger charge is 2.28. The van der Waals surface area contributed by atoms with E-state index in [1.807, 2.05) is 0 Å². The van der Waals surface area contributed by atoms with E-state index in [-0.39, 0.29) is 21.4 Å². The van der Waals surface area contributed by atoms with E-state index in [0.29, 0.717) is 25.6 Å². The van der Waals surface area contributed by atoms with Crippen molar-refractivity contribution in [1.29, 1.82) is 0 Å². The first-order valence-electron chi connectivity index (χ1n) is 10.5. The number of rotatable bonds is 8. The molecule has 7 heteroatoms. The van der Waals surface area contributed by atoms with Crippen molar-refractivity contribution < 1.29 is 13.2 Å². The maximum Gasteiger partial charge on any atom is 0.252 e. The van der Waals surface area contributed by atoms with Crippen molar-refractivity contribution in [3.8, 4) is 0 Å². The molecule has 0 bridgehead atoms. The van der Waals surface area contributed by atoms with Crippen molar-refractivity contribution in [2.75, 3.05) is 19.6 Å². The highest BCUT2D eigenvalue weighted by molar-refractivity contribution is 7.89. The number of amides is 1. The third-order valence-corrected chi connectivity index (χ3v) is 7.68. The molecule has 1 fully saturated rings. The maximum absolute atomic E-state index is 12.8. The molecule has 162 valence electrons. The molecule has 2 aromatic carbocycles. The van der Waals surface area contributed by atoms with Crippen LogP contribution in [-0.4, -0.2) is 38.3 Å². The van der Waals surface area contributed by atoms with E-state index in [1.54, 1.807) is 0 Å². The summed E-state index contributed by atoms with van der Waals surface area (Å²) in [4.78, 5) is 12.7. The van der Waals surface area contributed by atoms with E-state index in [2.05, 4.69) is 43.4 Å². The predicted molar refractivity (Wildman–Crippen MR) is 121 cm³/mol. The largest absolute Gasteiger partial charge is 0.352 e. The molecule has 0 aromatic heterocycles. The van der Waals surface area contributed by atoms with Crippen LogP contribution in [-0.2, 0) is 16.4 Å². The Morgan fingerprint density at radius 2 is 1.77 bits per heavy atom. The Kier molecular flexibility index (Phi) is 7.55. The number of nitrogens with zero attached hydrogens (tertiary/aromatic N) is 1. The van der Waals surface area contributed by atoms with Crippen LogP contribution in [0.15, 0.2) is 47.4 Å². The summed E-state index contributed by atoms with van der Waals surface area (Å²) in [5.41, 5.74) is 2.73. The van der Waals surface area contributed by atoms with E-state index in [9.17, 15) is 13.2 Å². The van der Waals surface area contributed by atoms with Crippen molar-refractivity contribution in [2.45, 2.75) is 50.3 Å². The van der Waals surface area contributed by atoms with Gasteiger partial charge in [0.15, 0.2) is 0 Å². The van der Waals surface area contributed by atoms with Crippen molar-refractivity contribution >= 4 is 27.5 Å². The first-order valence-corrected chi connectivity index (χ1v) is 12.3. The third kappa shape index (κ3) is 5.42. The number of sulfonamides is 1. The molecule has 0 atom stereocenters. The summed E-state index contributed by atoms with van der Waals surface area (Å²) in [5, 5.41) is 3.10. The van der Waals surface area contributed by atoms with Gasteiger partial charge in [-0.3, -0.25) is 4.79 Å². The molecule has 1 heterocycles. The van der Waals surface area contributed by atoms with Gasteiger partial charge in [0.05, 0.1) is 15.5 Å². The number of nitrogens with one attached hydrogen (secondary N) is 1. The number of carbonyl (C=O) groups is 1. The lowest BCUT2D eigenvalue weighted by atomic mass is 10.0. The fraction of sp³-hybridized carbons (Fsp3) is 0.435. The van der Waals surface area contributed by atoms with Gasteiger partial charge >= 0.3 is 0 Å². The van der Waals surface area contributed by atoms with E-state index in [0.717, 1.165) is 25.7 Å². The molecule has 30 heavy (non-hydrogen) atoms. The van der Waals surface area contributed by atoms with Crippen molar-refractivity contribution in [1.82, 2.24) is 9.62 Å². The molecule has 1 saturated heterocycles. The third-order valence-electron chi connectivity index (χ3n) is 5.46. The Bertz CT molecular complexity index is 982. The summed E-state index contributed by atoms with van der Waals surface area (Å²) in [5.74, 6) is 0.154. The van der Waals surface area contributed by atoms with Gasteiger partial charge in [0.25, 0.3) is 5.91 Å². The number of halogens is 1. The van der Waals surface area contributed by atoms with Gasteiger partial charge in [-0.05, 0) is 60.9 Å². The van der Waals surface area contributed by atoms with Crippen LogP contribution >= 0.6 is 11.6 Å². The van der Waals surface area contributed by atoms with Crippen LogP contribution in [0.4, 0.5) is 0 Å². The minimum absolute atomic E-state index is 0.115. The smallest absolute Gasteiger partial charge is 0.252 e. The zero-order chi connectivity index (χ0) is 21.7. The molecular formula is C23H29ClN2O3S. The van der Waals surface area contributed by atoms with Gasteiger partial charge in [0, 0.05) is 19.6 Å². The van der Waals surface area contributed by atoms with Crippen LogP contribution in [0, 0.1) is 0 Å². The second-order valence-corrected chi connectivity index (χ2v) is 10.4. The number of carbonyl (C=O) groups excluding carboxylic acids is 1. The first-order chi connectivity index (χ1) is 14.3. The normalized spacial score (nSPS) is 14.9. The van der Waals surface area contributed by atoms with Crippen LogP contribution in [0.5, 0.6) is 0 Å². The second kappa shape index (κ2) is 9.94. The van der Waals surface area contributed by atoms with Crippen LogP contribution in [0.2, 0.25) is 5.02 Å². The zero-order valence-corrected chi connectivity index (χ0v) is 19.1. The SMILES string of the molecule is CC(C)c1ccc(CCCNC(=O)c2cc(S(=O)(=O)N3CCCC3)ccc2Cl)cc1. The molecule has 5 nitrogen and oxygen atoms in total. The van der Waals surface area contributed by atoms with Gasteiger partial charge in [-0.15, -0.1) is 0 Å². The topological polar surface area (TPSA) is 66.5 Å². The van der Waals surface area contributed by atoms with Crippen LogP contribution in [0.3, 0.4) is 0 Å². The maximum atomic E-state index is 12.8. The van der Waals surface area contributed by atoms with E-state index in [1.165, 1.54) is 33.6 Å². The molecule has 1 aliphatic heterocycles. The molecule has 1 aliphatic rings. The molecular weight excluding hydrogens is 420 g/mol. The minimum atomic E-state index is -3.59. The first kappa shape index (κ1) is 22.8. The van der Waals surface area contributed by atoms with E-state index < -0.39 is 10.0 Å². The quantitative estimate of drug-likeness (QED) is 0.599. The number of hydrogen-bond acceptors (Lipinski definition) is 3. The molecule has 1 amide bonds. The molecule has 0 unspecified atom stereocenters. The summed E-state index contributed by atoms with van der Waals surface area (Å²) in [6, 6.07) is 12.9. The van der Waals surface area contributed by atoms with Crippen LogP contribution in [0.25, 0.3) is 0 Å². The van der Waals surface area contributed by atoms with Crippen LogP contribution < -0.4 is 5.32 Å². The van der Waals surface area contributed by atoms with Gasteiger partial charge in [0.1, 0.15) is 0 Å². The number of benzene rings is 2. The molecule has 0 saturated carbocycles. The zero-order valence-electron chi connectivity index (χ0n) is 17.5. The summed E-state index contributed by atoms with van der Waals surface area (Å²) in [6.07, 6.45) is 3.37. The monoisotopic (exact) mass is 448 g/mol. The van der Waals surface area contributed by atoms with Crippen LogP contribution in [0.1, 0.15) is 60.5 Å². The Morgan fingerprint density at radius 3 is 2.40 bits per heavy atom. The fourth-order valence-electron chi connectivity index (χ4n) is 3.58. The van der Waals surface area contributed by atoms with Crippen molar-refractivity contribution in [3.63, 3.8) is 0 Å². The van der Waals surface area contributed by atoms with E-state index >= 15 is 0 Å². The highest BCUT2D eigenvalue weighted by Crippen LogP contribution is 2.25. The van der Waals surface area contributed by atoms with E-state index in [4.69, 9.17) is 11.6 Å². The van der Waals surface area contributed by atoms with Gasteiger partial charge in [-0.2, -0.15) is 4.31 Å². The van der Waals surface area contributed by atoms with Gasteiger partial charge in [-0.1, -0.05) is 49.7 Å². The standard InChI is InChI=1S/C23H29ClN2O3S/c1-17(2)19-9-7-18(8-10-19)6-5-13-25-23(27)21-16-20(11-12-22(21)24)30(28,29)26-14-3-4-15-26/h7-12,16-17H,3-6,13-15H2,1-2H3,(H,25,27). The Balaban J connectivity index is 1.58. The summed E-state index contributed by atoms with van der Waals surface area (Å²) >= 11 is 6.18. The van der Waals surface area contributed by atoms with Crippen molar-refractivity contribution in [3.05, 3.63) is 64.2 Å². The molecule has 0 aliphatic carbocycles. The molecule has 0 radical (unpaired) electrons. The summed E-state index contributed by atoms with van der Waals surface area (Å²) in [7, 11) is -3.59. The molecule has 1 N–H and O–H groups in total. The van der Waals surface area contributed by atoms with Gasteiger partial charge in [0.2, 0.25) is 10.0 Å². The van der Waals surface area contributed by atoms with Crippen molar-refractivity contribution in [2.24, 2.45) is 0 Å². The average molecular weight is 449 g/mol. The lowest BCUT2D eigenvalue weighted by molar-refractivity contribution is 0.0953. The lowest BCUT2D eigenvalue weighted by Gasteiger charge is -2.16. The predicted octanol–water partition coefficient (Wildman–Crippen LogP) is 4.61. The number of hydrogen-bond donors (Lipinski definition) is 1. The molecule has 2 aromatic rings. The second-order valence-electron chi connectivity index (χ2n) is 8.01. The molecule has 3 rings (SSSR count). The highest BCUT2D eigenvalue weighted by atomic mass is 35.5. The average Bonchev–Trinajstić information content (AvgIpc) is 3.27. The summed E-state index contributed by atoms with van der Waals surface area (Å²) in [6.45, 7) is 5.86. The fourth-order valence-corrected chi connectivity index (χ4v) is 5.32. The Morgan fingerprint density at radius 1 is 1.10 bits per heavy atom. The van der Waals surface area contributed by atoms with Gasteiger partial charge in [-0.25, -0.2) is 8.42 Å². The Labute approximate surface area is 184 Å². The lowest BCUT2D eigenvalue weighted by Crippen LogP contribution is -2.29. The summed E-state index contributed by atoms with van der Waals surface area (Å²) < 4.78 is 27.0. The Hall–Kier alpha value is -1.89. The minimum Gasteiger partial charge on any atom is -0.352 e. The van der Waals surface area contributed by atoms with Gasteiger partial charge < -0.3 is 5.32 Å². The molecule has 0 spiro atoms.